The standard InChI is InChI=1S/C15H19ClN2O3/c1-3-18-6-7-21-13(15(18)20)9-14(19)17-12-8-11(16)5-4-10(12)2/h4-5,8,13H,3,6-7,9H2,1-2H3,(H,17,19). The number of carbonyl (C=O) groups excluding carboxylic acids is 2. The van der Waals surface area contributed by atoms with Crippen molar-refractivity contribution in [1.82, 2.24) is 4.90 Å². The summed E-state index contributed by atoms with van der Waals surface area (Å²) in [6, 6.07) is 5.29. The second kappa shape index (κ2) is 6.91. The summed E-state index contributed by atoms with van der Waals surface area (Å²) < 4.78 is 5.41. The predicted octanol–water partition coefficient (Wildman–Crippen LogP) is 2.22. The maximum absolute atomic E-state index is 12.1. The number of anilines is 1. The first-order chi connectivity index (χ1) is 10.0. The second-order valence-electron chi connectivity index (χ2n) is 4.99. The van der Waals surface area contributed by atoms with Crippen molar-refractivity contribution in [2.75, 3.05) is 25.0 Å². The van der Waals surface area contributed by atoms with Gasteiger partial charge in [-0.15, -0.1) is 0 Å². The Labute approximate surface area is 129 Å². The van der Waals surface area contributed by atoms with Crippen LogP contribution in [0.5, 0.6) is 0 Å². The van der Waals surface area contributed by atoms with E-state index in [2.05, 4.69) is 5.32 Å². The zero-order chi connectivity index (χ0) is 15.4. The Kier molecular flexibility index (Phi) is 5.20. The minimum absolute atomic E-state index is 0.0152. The highest BCUT2D eigenvalue weighted by Gasteiger charge is 2.30. The van der Waals surface area contributed by atoms with E-state index in [4.69, 9.17) is 16.3 Å². The van der Waals surface area contributed by atoms with Gasteiger partial charge in [-0.05, 0) is 31.5 Å². The molecule has 1 N–H and O–H groups in total. The van der Waals surface area contributed by atoms with Crippen LogP contribution in [-0.4, -0.2) is 42.5 Å². The molecule has 0 saturated carbocycles. The lowest BCUT2D eigenvalue weighted by Crippen LogP contribution is -2.48. The number of halogens is 1. The first-order valence-corrected chi connectivity index (χ1v) is 7.35. The quantitative estimate of drug-likeness (QED) is 0.927. The zero-order valence-electron chi connectivity index (χ0n) is 12.2. The van der Waals surface area contributed by atoms with Crippen LogP contribution in [0.25, 0.3) is 0 Å². The van der Waals surface area contributed by atoms with Gasteiger partial charge in [0.1, 0.15) is 6.10 Å². The Morgan fingerprint density at radius 1 is 1.52 bits per heavy atom. The highest BCUT2D eigenvalue weighted by atomic mass is 35.5. The number of benzene rings is 1. The number of amides is 2. The van der Waals surface area contributed by atoms with E-state index in [9.17, 15) is 9.59 Å². The molecule has 21 heavy (non-hydrogen) atoms. The van der Waals surface area contributed by atoms with Crippen LogP contribution in [0.2, 0.25) is 5.02 Å². The van der Waals surface area contributed by atoms with E-state index >= 15 is 0 Å². The summed E-state index contributed by atoms with van der Waals surface area (Å²) in [4.78, 5) is 25.8. The third-order valence-corrected chi connectivity index (χ3v) is 3.73. The fourth-order valence-corrected chi connectivity index (χ4v) is 2.42. The molecular weight excluding hydrogens is 292 g/mol. The highest BCUT2D eigenvalue weighted by Crippen LogP contribution is 2.21. The van der Waals surface area contributed by atoms with Crippen molar-refractivity contribution >= 4 is 29.1 Å². The Morgan fingerprint density at radius 3 is 3.00 bits per heavy atom. The molecule has 0 spiro atoms. The molecule has 6 heteroatoms. The maximum atomic E-state index is 12.1. The summed E-state index contributed by atoms with van der Waals surface area (Å²) in [6.45, 7) is 5.48. The molecule has 1 aliphatic rings. The van der Waals surface area contributed by atoms with Gasteiger partial charge in [0.25, 0.3) is 5.91 Å². The molecular formula is C15H19ClN2O3. The molecule has 1 unspecified atom stereocenters. The van der Waals surface area contributed by atoms with Crippen molar-refractivity contribution in [1.29, 1.82) is 0 Å². The van der Waals surface area contributed by atoms with Crippen LogP contribution < -0.4 is 5.32 Å². The minimum Gasteiger partial charge on any atom is -0.366 e. The van der Waals surface area contributed by atoms with Gasteiger partial charge < -0.3 is 15.0 Å². The van der Waals surface area contributed by atoms with Crippen molar-refractivity contribution in [2.24, 2.45) is 0 Å². The Bertz CT molecular complexity index is 548. The number of hydrogen-bond donors (Lipinski definition) is 1. The Balaban J connectivity index is 1.98. The van der Waals surface area contributed by atoms with Gasteiger partial charge in [-0.3, -0.25) is 9.59 Å². The average molecular weight is 311 g/mol. The minimum atomic E-state index is -0.696. The van der Waals surface area contributed by atoms with E-state index in [0.29, 0.717) is 30.4 Å². The summed E-state index contributed by atoms with van der Waals surface area (Å²) in [5, 5.41) is 3.33. The normalized spacial score (nSPS) is 18.7. The second-order valence-corrected chi connectivity index (χ2v) is 5.43. The molecule has 114 valence electrons. The first kappa shape index (κ1) is 15.8. The van der Waals surface area contributed by atoms with Crippen molar-refractivity contribution in [3.05, 3.63) is 28.8 Å². The average Bonchev–Trinajstić information content (AvgIpc) is 2.45. The molecule has 2 amide bonds. The molecule has 1 heterocycles. The van der Waals surface area contributed by atoms with Gasteiger partial charge in [0, 0.05) is 23.8 Å². The molecule has 5 nitrogen and oxygen atoms in total. The van der Waals surface area contributed by atoms with Gasteiger partial charge >= 0.3 is 0 Å². The van der Waals surface area contributed by atoms with Crippen LogP contribution in [0.15, 0.2) is 18.2 Å². The van der Waals surface area contributed by atoms with E-state index in [-0.39, 0.29) is 18.2 Å². The molecule has 1 aromatic carbocycles. The predicted molar refractivity (Wildman–Crippen MR) is 81.4 cm³/mol. The summed E-state index contributed by atoms with van der Waals surface area (Å²) in [7, 11) is 0. The summed E-state index contributed by atoms with van der Waals surface area (Å²) in [6.07, 6.45) is -0.681. The molecule has 0 aliphatic carbocycles. The van der Waals surface area contributed by atoms with E-state index < -0.39 is 6.10 Å². The summed E-state index contributed by atoms with van der Waals surface area (Å²) >= 11 is 5.92. The SMILES string of the molecule is CCN1CCOC(CC(=O)Nc2cc(Cl)ccc2C)C1=O. The Hall–Kier alpha value is -1.59. The summed E-state index contributed by atoms with van der Waals surface area (Å²) in [5.41, 5.74) is 1.57. The largest absolute Gasteiger partial charge is 0.366 e. The molecule has 1 fully saturated rings. The monoisotopic (exact) mass is 310 g/mol. The fraction of sp³-hybridized carbons (Fsp3) is 0.467. The summed E-state index contributed by atoms with van der Waals surface area (Å²) in [5.74, 6) is -0.376. The number of hydrogen-bond acceptors (Lipinski definition) is 3. The number of carbonyl (C=O) groups is 2. The Morgan fingerprint density at radius 2 is 2.29 bits per heavy atom. The number of rotatable bonds is 4. The number of nitrogens with zero attached hydrogens (tertiary/aromatic N) is 1. The van der Waals surface area contributed by atoms with Crippen LogP contribution in [0.4, 0.5) is 5.69 Å². The smallest absolute Gasteiger partial charge is 0.252 e. The number of ether oxygens (including phenoxy) is 1. The molecule has 2 rings (SSSR count). The van der Waals surface area contributed by atoms with Gasteiger partial charge in [0.15, 0.2) is 0 Å². The molecule has 1 aliphatic heterocycles. The molecule has 0 aromatic heterocycles. The number of aryl methyl sites for hydroxylation is 1. The van der Waals surface area contributed by atoms with Gasteiger partial charge in [0.05, 0.1) is 13.0 Å². The zero-order valence-corrected chi connectivity index (χ0v) is 12.9. The van der Waals surface area contributed by atoms with E-state index in [0.717, 1.165) is 5.56 Å². The van der Waals surface area contributed by atoms with Crippen LogP contribution in [0.1, 0.15) is 18.9 Å². The number of likely N-dealkylation sites (N-methyl/N-ethyl adjacent to an activating group) is 1. The van der Waals surface area contributed by atoms with Crippen molar-refractivity contribution in [3.63, 3.8) is 0 Å². The first-order valence-electron chi connectivity index (χ1n) is 6.97. The third kappa shape index (κ3) is 3.95. The number of morpholine rings is 1. The topological polar surface area (TPSA) is 58.6 Å². The lowest BCUT2D eigenvalue weighted by molar-refractivity contribution is -0.154. The maximum Gasteiger partial charge on any atom is 0.252 e. The lowest BCUT2D eigenvalue weighted by Gasteiger charge is -2.31. The molecule has 0 bridgehead atoms. The molecule has 1 aromatic rings. The third-order valence-electron chi connectivity index (χ3n) is 3.49. The van der Waals surface area contributed by atoms with Crippen molar-refractivity contribution < 1.29 is 14.3 Å². The van der Waals surface area contributed by atoms with Gasteiger partial charge in [-0.25, -0.2) is 0 Å². The lowest BCUT2D eigenvalue weighted by atomic mass is 10.1. The van der Waals surface area contributed by atoms with Crippen LogP contribution in [0.3, 0.4) is 0 Å². The molecule has 1 atom stereocenters. The highest BCUT2D eigenvalue weighted by molar-refractivity contribution is 6.31. The van der Waals surface area contributed by atoms with Crippen molar-refractivity contribution in [2.45, 2.75) is 26.4 Å². The van der Waals surface area contributed by atoms with Crippen LogP contribution >= 0.6 is 11.6 Å². The van der Waals surface area contributed by atoms with Crippen LogP contribution in [-0.2, 0) is 14.3 Å². The molecule has 0 radical (unpaired) electrons. The van der Waals surface area contributed by atoms with Crippen molar-refractivity contribution in [3.8, 4) is 0 Å². The number of nitrogens with one attached hydrogen (secondary N) is 1. The van der Waals surface area contributed by atoms with E-state index in [1.165, 1.54) is 0 Å². The van der Waals surface area contributed by atoms with Gasteiger partial charge in [-0.1, -0.05) is 17.7 Å². The van der Waals surface area contributed by atoms with Gasteiger partial charge in [0.2, 0.25) is 5.91 Å². The molecule has 1 saturated heterocycles. The van der Waals surface area contributed by atoms with Crippen LogP contribution in [0, 0.1) is 6.92 Å². The fourth-order valence-electron chi connectivity index (χ4n) is 2.25. The van der Waals surface area contributed by atoms with E-state index in [1.807, 2.05) is 19.9 Å². The van der Waals surface area contributed by atoms with E-state index in [1.54, 1.807) is 17.0 Å². The van der Waals surface area contributed by atoms with Gasteiger partial charge in [-0.2, -0.15) is 0 Å².